The summed E-state index contributed by atoms with van der Waals surface area (Å²) in [5.74, 6) is 0. The van der Waals surface area contributed by atoms with Crippen molar-refractivity contribution < 1.29 is 51.6 Å². The van der Waals surface area contributed by atoms with Crippen molar-refractivity contribution in [2.75, 3.05) is 0 Å². The van der Waals surface area contributed by atoms with Gasteiger partial charge in [0, 0.05) is 0 Å². The minimum atomic E-state index is -0.259. The smallest absolute Gasteiger partial charge is 1.00 e. The molecule has 1 unspecified atom stereocenters. The average molecular weight is 229 g/mol. The number of hydrogen-bond acceptors (Lipinski definition) is 1. The summed E-state index contributed by atoms with van der Waals surface area (Å²) in [5, 5.41) is 8.94. The molecular formula is C7H10Cl2OTi. The van der Waals surface area contributed by atoms with Crippen LogP contribution in [0.1, 0.15) is 13.3 Å². The number of halogens is 2. The van der Waals surface area contributed by atoms with Gasteiger partial charge in [0.05, 0.1) is 6.10 Å². The van der Waals surface area contributed by atoms with Crippen molar-refractivity contribution in [2.45, 2.75) is 19.4 Å². The summed E-state index contributed by atoms with van der Waals surface area (Å²) in [6.45, 7) is 1.79. The fraction of sp³-hybridized carbons (Fsp3) is 0.429. The minimum Gasteiger partial charge on any atom is -1.00 e. The van der Waals surface area contributed by atoms with Crippen molar-refractivity contribution in [1.29, 1.82) is 0 Å². The molecule has 0 aromatic heterocycles. The topological polar surface area (TPSA) is 20.2 Å². The van der Waals surface area contributed by atoms with Crippen LogP contribution in [0.2, 0.25) is 0 Å². The van der Waals surface area contributed by atoms with Crippen molar-refractivity contribution in [3.05, 3.63) is 23.8 Å². The van der Waals surface area contributed by atoms with Crippen molar-refractivity contribution in [3.8, 4) is 0 Å². The summed E-state index contributed by atoms with van der Waals surface area (Å²) in [5.41, 5.74) is 1.12. The Morgan fingerprint density at radius 1 is 1.45 bits per heavy atom. The molecule has 0 aromatic rings. The minimum absolute atomic E-state index is 0. The van der Waals surface area contributed by atoms with Crippen LogP contribution in [0.5, 0.6) is 0 Å². The van der Waals surface area contributed by atoms with Gasteiger partial charge in [0.2, 0.25) is 0 Å². The van der Waals surface area contributed by atoms with E-state index in [4.69, 9.17) is 5.11 Å². The maximum atomic E-state index is 8.94. The van der Waals surface area contributed by atoms with Crippen LogP contribution in [-0.2, 0) is 21.7 Å². The van der Waals surface area contributed by atoms with E-state index in [0.29, 0.717) is 0 Å². The fourth-order valence-corrected chi connectivity index (χ4v) is 0.774. The molecule has 0 bridgehead atoms. The van der Waals surface area contributed by atoms with E-state index < -0.39 is 0 Å². The Balaban J connectivity index is -0.000000213. The summed E-state index contributed by atoms with van der Waals surface area (Å²) >= 11 is 0. The van der Waals surface area contributed by atoms with Gasteiger partial charge in [-0.2, -0.15) is 0 Å². The van der Waals surface area contributed by atoms with Crippen LogP contribution in [-0.4, -0.2) is 11.2 Å². The number of aliphatic hydroxyl groups is 1. The molecule has 0 spiro atoms. The third-order valence-corrected chi connectivity index (χ3v) is 1.34. The maximum Gasteiger partial charge on any atom is 2.00 e. The third-order valence-electron chi connectivity index (χ3n) is 1.34. The quantitative estimate of drug-likeness (QED) is 0.448. The van der Waals surface area contributed by atoms with Crippen LogP contribution < -0.4 is 24.8 Å². The van der Waals surface area contributed by atoms with E-state index in [1.165, 1.54) is 0 Å². The van der Waals surface area contributed by atoms with E-state index in [0.717, 1.165) is 12.0 Å². The second-order valence-electron chi connectivity index (χ2n) is 2.05. The van der Waals surface area contributed by atoms with E-state index in [1.54, 1.807) is 6.92 Å². The van der Waals surface area contributed by atoms with Crippen molar-refractivity contribution in [1.82, 2.24) is 0 Å². The van der Waals surface area contributed by atoms with Crippen LogP contribution in [0.25, 0.3) is 0 Å². The summed E-state index contributed by atoms with van der Waals surface area (Å²) in [7, 11) is 0. The molecule has 0 saturated carbocycles. The Kier molecular flexibility index (Phi) is 14.2. The first-order chi connectivity index (χ1) is 3.80. The molecule has 1 nitrogen and oxygen atoms in total. The van der Waals surface area contributed by atoms with Crippen LogP contribution >= 0.6 is 0 Å². The van der Waals surface area contributed by atoms with Gasteiger partial charge >= 0.3 is 21.7 Å². The summed E-state index contributed by atoms with van der Waals surface area (Å²) in [4.78, 5) is 0. The summed E-state index contributed by atoms with van der Waals surface area (Å²) < 4.78 is 0. The molecule has 11 heavy (non-hydrogen) atoms. The molecule has 0 amide bonds. The number of hydrogen-bond donors (Lipinski definition) is 1. The zero-order chi connectivity index (χ0) is 5.98. The molecule has 1 atom stereocenters. The molecule has 1 aliphatic carbocycles. The molecule has 0 radical (unpaired) electrons. The van der Waals surface area contributed by atoms with Crippen molar-refractivity contribution in [2.24, 2.45) is 0 Å². The number of rotatable bonds is 1. The first-order valence-corrected chi connectivity index (χ1v) is 2.84. The van der Waals surface area contributed by atoms with Gasteiger partial charge in [-0.05, 0) is 18.9 Å². The van der Waals surface area contributed by atoms with Gasteiger partial charge < -0.3 is 29.9 Å². The van der Waals surface area contributed by atoms with Gasteiger partial charge in [0.1, 0.15) is 0 Å². The van der Waals surface area contributed by atoms with Gasteiger partial charge in [0.15, 0.2) is 0 Å². The number of aliphatic hydroxyl groups excluding tert-OH is 1. The van der Waals surface area contributed by atoms with Gasteiger partial charge in [-0.3, -0.25) is 0 Å². The molecule has 0 aliphatic heterocycles. The second-order valence-corrected chi connectivity index (χ2v) is 2.05. The van der Waals surface area contributed by atoms with E-state index in [-0.39, 0.29) is 52.6 Å². The monoisotopic (exact) mass is 228 g/mol. The Bertz CT molecular complexity index is 143. The van der Waals surface area contributed by atoms with Crippen LogP contribution in [0.3, 0.4) is 0 Å². The van der Waals surface area contributed by atoms with Crippen molar-refractivity contribution >= 4 is 0 Å². The van der Waals surface area contributed by atoms with Crippen LogP contribution in [0.15, 0.2) is 23.8 Å². The van der Waals surface area contributed by atoms with Gasteiger partial charge in [-0.1, -0.05) is 18.2 Å². The number of allylic oxidation sites excluding steroid dienone is 3. The standard InChI is InChI=1S/C7H10O.2ClH.Ti/c1-6(8)7-4-2-3-5-7;;;/h2-4,6,8H,5H2,1H3;2*1H;/q;;;+2/p-2. The molecule has 0 fully saturated rings. The van der Waals surface area contributed by atoms with E-state index >= 15 is 0 Å². The van der Waals surface area contributed by atoms with Crippen LogP contribution in [0, 0.1) is 0 Å². The molecule has 0 heterocycles. The second kappa shape index (κ2) is 8.83. The molecule has 0 saturated heterocycles. The Morgan fingerprint density at radius 2 is 2.00 bits per heavy atom. The largest absolute Gasteiger partial charge is 2.00 e. The Hall–Kier alpha value is 0.734. The van der Waals surface area contributed by atoms with E-state index in [2.05, 4.69) is 0 Å². The Morgan fingerprint density at radius 3 is 2.18 bits per heavy atom. The third kappa shape index (κ3) is 5.95. The fourth-order valence-electron chi connectivity index (χ4n) is 0.774. The van der Waals surface area contributed by atoms with E-state index in [9.17, 15) is 0 Å². The molecule has 1 aliphatic rings. The SMILES string of the molecule is CC(O)C1=CC=CC1.[Cl-].[Cl-].[Ti+2]. The molecule has 1 rings (SSSR count). The summed E-state index contributed by atoms with van der Waals surface area (Å²) in [6, 6.07) is 0. The molecule has 62 valence electrons. The van der Waals surface area contributed by atoms with Crippen LogP contribution in [0.4, 0.5) is 0 Å². The zero-order valence-corrected chi connectivity index (χ0v) is 9.29. The average Bonchev–Trinajstić information content (AvgIpc) is 2.12. The van der Waals surface area contributed by atoms with Crippen molar-refractivity contribution in [3.63, 3.8) is 0 Å². The molecule has 4 heteroatoms. The normalized spacial score (nSPS) is 15.3. The van der Waals surface area contributed by atoms with Gasteiger partial charge in [0.25, 0.3) is 0 Å². The zero-order valence-electron chi connectivity index (χ0n) is 6.22. The predicted molar refractivity (Wildman–Crippen MR) is 33.5 cm³/mol. The molecule has 0 aromatic carbocycles. The van der Waals surface area contributed by atoms with Gasteiger partial charge in [-0.25, -0.2) is 0 Å². The Labute approximate surface area is 94.7 Å². The van der Waals surface area contributed by atoms with Gasteiger partial charge in [-0.15, -0.1) is 0 Å². The molecule has 1 N–H and O–H groups in total. The molecular weight excluding hydrogens is 219 g/mol. The first-order valence-electron chi connectivity index (χ1n) is 2.84. The predicted octanol–water partition coefficient (Wildman–Crippen LogP) is -4.74. The van der Waals surface area contributed by atoms with E-state index in [1.807, 2.05) is 18.2 Å². The first kappa shape index (κ1) is 17.7. The summed E-state index contributed by atoms with van der Waals surface area (Å²) in [6.07, 6.45) is 6.65. The maximum absolute atomic E-state index is 8.94.